The van der Waals surface area contributed by atoms with Crippen molar-refractivity contribution in [3.05, 3.63) is 41.7 Å². The molecule has 6 heteroatoms. The van der Waals surface area contributed by atoms with Crippen molar-refractivity contribution in [3.8, 4) is 11.4 Å². The highest BCUT2D eigenvalue weighted by Crippen LogP contribution is 2.29. The number of halogens is 2. The molecule has 0 aliphatic heterocycles. The van der Waals surface area contributed by atoms with Crippen molar-refractivity contribution in [1.29, 1.82) is 0 Å². The van der Waals surface area contributed by atoms with E-state index in [2.05, 4.69) is 10.4 Å². The number of hydrogen-bond donors (Lipinski definition) is 1. The molecule has 4 nitrogen and oxygen atoms in total. The second-order valence-corrected chi connectivity index (χ2v) is 4.97. The number of para-hydroxylation sites is 2. The highest BCUT2D eigenvalue weighted by Gasteiger charge is 2.22. The van der Waals surface area contributed by atoms with Crippen molar-refractivity contribution in [2.75, 3.05) is 7.11 Å². The molecule has 0 amide bonds. The van der Waals surface area contributed by atoms with Gasteiger partial charge in [0.05, 0.1) is 13.3 Å². The minimum absolute atomic E-state index is 0.104. The third-order valence-electron chi connectivity index (χ3n) is 3.11. The predicted molar refractivity (Wildman–Crippen MR) is 77.0 cm³/mol. The van der Waals surface area contributed by atoms with Gasteiger partial charge >= 0.3 is 0 Å². The van der Waals surface area contributed by atoms with E-state index in [-0.39, 0.29) is 11.7 Å². The Balaban J connectivity index is 2.44. The third kappa shape index (κ3) is 3.39. The molecule has 0 aliphatic carbocycles. The first-order valence-electron chi connectivity index (χ1n) is 6.76. The van der Waals surface area contributed by atoms with Gasteiger partial charge < -0.3 is 10.1 Å². The Hall–Kier alpha value is -1.95. The number of nitrogens with one attached hydrogen (secondary N) is 1. The van der Waals surface area contributed by atoms with E-state index < -0.39 is 6.43 Å². The van der Waals surface area contributed by atoms with E-state index >= 15 is 0 Å². The summed E-state index contributed by atoms with van der Waals surface area (Å²) in [6.07, 6.45) is -1.13. The van der Waals surface area contributed by atoms with E-state index in [4.69, 9.17) is 4.74 Å². The molecule has 1 aromatic carbocycles. The van der Waals surface area contributed by atoms with Gasteiger partial charge in [-0.05, 0) is 12.1 Å². The lowest BCUT2D eigenvalue weighted by Gasteiger charge is -2.13. The number of nitrogens with zero attached hydrogens (tertiary/aromatic N) is 2. The van der Waals surface area contributed by atoms with Crippen LogP contribution in [0.1, 0.15) is 31.5 Å². The maximum Gasteiger partial charge on any atom is 0.280 e. The van der Waals surface area contributed by atoms with Crippen LogP contribution in [0.2, 0.25) is 0 Å². The SMILES string of the molecule is COc1ccccc1-n1ncc(CNC(C)C)c1C(F)F. The maximum absolute atomic E-state index is 13.4. The molecule has 0 atom stereocenters. The Morgan fingerprint density at radius 2 is 2.00 bits per heavy atom. The van der Waals surface area contributed by atoms with Crippen LogP contribution in [0, 0.1) is 0 Å². The molecule has 0 unspecified atom stereocenters. The fraction of sp³-hybridized carbons (Fsp3) is 0.400. The summed E-state index contributed by atoms with van der Waals surface area (Å²) >= 11 is 0. The summed E-state index contributed by atoms with van der Waals surface area (Å²) in [7, 11) is 1.51. The van der Waals surface area contributed by atoms with E-state index in [9.17, 15) is 8.78 Å². The van der Waals surface area contributed by atoms with Gasteiger partial charge in [-0.2, -0.15) is 5.10 Å². The summed E-state index contributed by atoms with van der Waals surface area (Å²) in [5.41, 5.74) is 0.892. The molecule has 21 heavy (non-hydrogen) atoms. The highest BCUT2D eigenvalue weighted by atomic mass is 19.3. The molecule has 0 fully saturated rings. The van der Waals surface area contributed by atoms with Gasteiger partial charge in [-0.25, -0.2) is 13.5 Å². The van der Waals surface area contributed by atoms with Crippen molar-refractivity contribution < 1.29 is 13.5 Å². The second kappa shape index (κ2) is 6.67. The molecule has 0 saturated heterocycles. The van der Waals surface area contributed by atoms with Gasteiger partial charge in [0.15, 0.2) is 0 Å². The Labute approximate surface area is 122 Å². The first kappa shape index (κ1) is 15.4. The predicted octanol–water partition coefficient (Wildman–Crippen LogP) is 3.32. The number of hydrogen-bond acceptors (Lipinski definition) is 3. The van der Waals surface area contributed by atoms with Crippen LogP contribution < -0.4 is 10.1 Å². The van der Waals surface area contributed by atoms with Gasteiger partial charge in [-0.1, -0.05) is 26.0 Å². The summed E-state index contributed by atoms with van der Waals surface area (Å²) in [6, 6.07) is 7.19. The molecular weight excluding hydrogens is 276 g/mol. The minimum Gasteiger partial charge on any atom is -0.494 e. The van der Waals surface area contributed by atoms with Crippen LogP contribution in [-0.2, 0) is 6.54 Å². The van der Waals surface area contributed by atoms with Crippen molar-refractivity contribution >= 4 is 0 Å². The van der Waals surface area contributed by atoms with Crippen LogP contribution in [0.15, 0.2) is 30.5 Å². The summed E-state index contributed by atoms with van der Waals surface area (Å²) in [5.74, 6) is 0.505. The Morgan fingerprint density at radius 1 is 1.29 bits per heavy atom. The number of rotatable bonds is 6. The summed E-state index contributed by atoms with van der Waals surface area (Å²) in [4.78, 5) is 0. The molecule has 0 saturated carbocycles. The standard InChI is InChI=1S/C15H19F2N3O/c1-10(2)18-8-11-9-19-20(14(11)15(16)17)12-6-4-5-7-13(12)21-3/h4-7,9-10,15,18H,8H2,1-3H3. The van der Waals surface area contributed by atoms with Gasteiger partial charge in [0.25, 0.3) is 6.43 Å². The van der Waals surface area contributed by atoms with Gasteiger partial charge in [0.2, 0.25) is 0 Å². The molecule has 0 bridgehead atoms. The number of alkyl halides is 2. The van der Waals surface area contributed by atoms with E-state index in [0.717, 1.165) is 0 Å². The Kier molecular flexibility index (Phi) is 4.90. The van der Waals surface area contributed by atoms with Crippen LogP contribution in [0.25, 0.3) is 5.69 Å². The zero-order chi connectivity index (χ0) is 15.4. The molecule has 1 N–H and O–H groups in total. The van der Waals surface area contributed by atoms with Crippen LogP contribution in [0.4, 0.5) is 8.78 Å². The first-order chi connectivity index (χ1) is 10.0. The van der Waals surface area contributed by atoms with Crippen molar-refractivity contribution in [1.82, 2.24) is 15.1 Å². The summed E-state index contributed by atoms with van der Waals surface area (Å²) < 4.78 is 33.3. The first-order valence-corrected chi connectivity index (χ1v) is 6.76. The number of benzene rings is 1. The molecule has 1 heterocycles. The average molecular weight is 295 g/mol. The van der Waals surface area contributed by atoms with Crippen molar-refractivity contribution in [2.45, 2.75) is 32.9 Å². The van der Waals surface area contributed by atoms with Crippen LogP contribution in [0.3, 0.4) is 0 Å². The molecular formula is C15H19F2N3O. The van der Waals surface area contributed by atoms with E-state index in [1.807, 2.05) is 13.8 Å². The van der Waals surface area contributed by atoms with E-state index in [0.29, 0.717) is 23.5 Å². The topological polar surface area (TPSA) is 39.1 Å². The van der Waals surface area contributed by atoms with Crippen LogP contribution >= 0.6 is 0 Å². The van der Waals surface area contributed by atoms with Crippen molar-refractivity contribution in [3.63, 3.8) is 0 Å². The van der Waals surface area contributed by atoms with Gasteiger partial charge in [-0.3, -0.25) is 0 Å². The molecule has 0 radical (unpaired) electrons. The van der Waals surface area contributed by atoms with Gasteiger partial charge in [0.1, 0.15) is 17.1 Å². The number of methoxy groups -OCH3 is 1. The minimum atomic E-state index is -2.61. The monoisotopic (exact) mass is 295 g/mol. The molecule has 0 spiro atoms. The number of ether oxygens (including phenoxy) is 1. The Bertz CT molecular complexity index is 596. The lowest BCUT2D eigenvalue weighted by atomic mass is 10.2. The van der Waals surface area contributed by atoms with Crippen LogP contribution in [-0.4, -0.2) is 22.9 Å². The van der Waals surface area contributed by atoms with Crippen LogP contribution in [0.5, 0.6) is 5.75 Å². The average Bonchev–Trinajstić information content (AvgIpc) is 2.88. The van der Waals surface area contributed by atoms with E-state index in [1.165, 1.54) is 18.0 Å². The van der Waals surface area contributed by atoms with Crippen molar-refractivity contribution in [2.24, 2.45) is 0 Å². The highest BCUT2D eigenvalue weighted by molar-refractivity contribution is 5.47. The molecule has 1 aromatic heterocycles. The molecule has 2 aromatic rings. The van der Waals surface area contributed by atoms with Gasteiger partial charge in [0, 0.05) is 18.2 Å². The summed E-state index contributed by atoms with van der Waals surface area (Å²) in [6.45, 7) is 4.28. The molecule has 114 valence electrons. The third-order valence-corrected chi connectivity index (χ3v) is 3.11. The molecule has 2 rings (SSSR count). The zero-order valence-electron chi connectivity index (χ0n) is 12.3. The van der Waals surface area contributed by atoms with E-state index in [1.54, 1.807) is 24.3 Å². The molecule has 0 aliphatic rings. The zero-order valence-corrected chi connectivity index (χ0v) is 12.3. The summed E-state index contributed by atoms with van der Waals surface area (Å²) in [5, 5.41) is 7.24. The lowest BCUT2D eigenvalue weighted by Crippen LogP contribution is -2.22. The maximum atomic E-state index is 13.4. The smallest absolute Gasteiger partial charge is 0.280 e. The normalized spacial score (nSPS) is 11.4. The fourth-order valence-electron chi connectivity index (χ4n) is 2.07. The second-order valence-electron chi connectivity index (χ2n) is 4.97. The Morgan fingerprint density at radius 3 is 2.62 bits per heavy atom. The lowest BCUT2D eigenvalue weighted by molar-refractivity contribution is 0.141. The number of aromatic nitrogens is 2. The quantitative estimate of drug-likeness (QED) is 0.888. The van der Waals surface area contributed by atoms with Gasteiger partial charge in [-0.15, -0.1) is 0 Å². The largest absolute Gasteiger partial charge is 0.494 e. The fourth-order valence-corrected chi connectivity index (χ4v) is 2.07.